The van der Waals surface area contributed by atoms with E-state index < -0.39 is 5.91 Å². The first-order valence-corrected chi connectivity index (χ1v) is 6.92. The van der Waals surface area contributed by atoms with Gasteiger partial charge in [-0.05, 0) is 29.8 Å². The number of carbonyl (C=O) groups excluding carboxylic acids is 1. The molecular formula is C15H14Cl2N2O2. The minimum atomic E-state index is -0.507. The van der Waals surface area contributed by atoms with Crippen LogP contribution in [0.4, 0.5) is 5.69 Å². The molecule has 0 bridgehead atoms. The highest BCUT2D eigenvalue weighted by Crippen LogP contribution is 2.28. The minimum Gasteiger partial charge on any atom is -0.497 e. The number of rotatable bonds is 5. The Labute approximate surface area is 132 Å². The third-order valence-electron chi connectivity index (χ3n) is 2.98. The molecule has 0 radical (unpaired) electrons. The molecule has 0 aromatic heterocycles. The molecule has 0 aliphatic rings. The molecule has 0 fully saturated rings. The maximum Gasteiger partial charge on any atom is 0.248 e. The molecular weight excluding hydrogens is 311 g/mol. The molecule has 0 saturated heterocycles. The fraction of sp³-hybridized carbons (Fsp3) is 0.133. The molecule has 2 aromatic rings. The molecule has 0 atom stereocenters. The molecule has 0 saturated carbocycles. The van der Waals surface area contributed by atoms with E-state index in [1.165, 1.54) is 0 Å². The van der Waals surface area contributed by atoms with Gasteiger partial charge in [0.15, 0.2) is 0 Å². The second-order valence-electron chi connectivity index (χ2n) is 4.37. The van der Waals surface area contributed by atoms with Crippen molar-refractivity contribution in [2.24, 2.45) is 5.73 Å². The molecule has 2 aromatic carbocycles. The summed E-state index contributed by atoms with van der Waals surface area (Å²) in [4.78, 5) is 11.1. The number of hydrogen-bond donors (Lipinski definition) is 2. The molecule has 0 heterocycles. The second-order valence-corrected chi connectivity index (χ2v) is 5.18. The van der Waals surface area contributed by atoms with Gasteiger partial charge in [0.25, 0.3) is 0 Å². The number of nitrogens with one attached hydrogen (secondary N) is 1. The van der Waals surface area contributed by atoms with E-state index in [1.54, 1.807) is 43.5 Å². The summed E-state index contributed by atoms with van der Waals surface area (Å²) < 4.78 is 5.15. The molecule has 6 heteroatoms. The zero-order valence-corrected chi connectivity index (χ0v) is 12.8. The normalized spacial score (nSPS) is 10.2. The lowest BCUT2D eigenvalue weighted by Gasteiger charge is -2.11. The average molecular weight is 325 g/mol. The first kappa shape index (κ1) is 15.5. The monoisotopic (exact) mass is 324 g/mol. The van der Waals surface area contributed by atoms with Crippen LogP contribution in [0.5, 0.6) is 5.75 Å². The van der Waals surface area contributed by atoms with Crippen molar-refractivity contribution in [1.82, 2.24) is 0 Å². The highest BCUT2D eigenvalue weighted by Gasteiger charge is 2.07. The molecule has 110 valence electrons. The van der Waals surface area contributed by atoms with Gasteiger partial charge >= 0.3 is 0 Å². The quantitative estimate of drug-likeness (QED) is 0.881. The molecule has 0 aliphatic carbocycles. The first-order valence-electron chi connectivity index (χ1n) is 6.17. The van der Waals surface area contributed by atoms with Crippen molar-refractivity contribution in [2.45, 2.75) is 6.54 Å². The Morgan fingerprint density at radius 3 is 2.57 bits per heavy atom. The van der Waals surface area contributed by atoms with E-state index in [0.29, 0.717) is 27.9 Å². The van der Waals surface area contributed by atoms with E-state index in [1.807, 2.05) is 0 Å². The van der Waals surface area contributed by atoms with Gasteiger partial charge in [-0.1, -0.05) is 29.3 Å². The lowest BCUT2D eigenvalue weighted by molar-refractivity contribution is 0.100. The maximum absolute atomic E-state index is 11.1. The third-order valence-corrected chi connectivity index (χ3v) is 3.66. The summed E-state index contributed by atoms with van der Waals surface area (Å²) >= 11 is 12.2. The van der Waals surface area contributed by atoms with E-state index in [4.69, 9.17) is 33.7 Å². The van der Waals surface area contributed by atoms with Crippen molar-refractivity contribution < 1.29 is 9.53 Å². The lowest BCUT2D eigenvalue weighted by atomic mass is 10.1. The number of methoxy groups -OCH3 is 1. The third kappa shape index (κ3) is 3.80. The zero-order chi connectivity index (χ0) is 15.4. The number of halogens is 2. The molecule has 2 rings (SSSR count). The Morgan fingerprint density at radius 1 is 1.19 bits per heavy atom. The van der Waals surface area contributed by atoms with Gasteiger partial charge < -0.3 is 15.8 Å². The number of nitrogens with two attached hydrogens (primary N) is 1. The molecule has 1 amide bonds. The highest BCUT2D eigenvalue weighted by molar-refractivity contribution is 6.33. The Kier molecular flexibility index (Phi) is 4.94. The second kappa shape index (κ2) is 6.70. The Morgan fingerprint density at radius 2 is 1.95 bits per heavy atom. The average Bonchev–Trinajstić information content (AvgIpc) is 2.47. The highest BCUT2D eigenvalue weighted by atomic mass is 35.5. The minimum absolute atomic E-state index is 0.378. The molecule has 21 heavy (non-hydrogen) atoms. The van der Waals surface area contributed by atoms with Crippen molar-refractivity contribution in [3.8, 4) is 5.75 Å². The Balaban J connectivity index is 2.15. The van der Waals surface area contributed by atoms with Gasteiger partial charge in [-0.2, -0.15) is 0 Å². The van der Waals surface area contributed by atoms with Crippen LogP contribution in [0, 0.1) is 0 Å². The molecule has 0 aliphatic heterocycles. The fourth-order valence-corrected chi connectivity index (χ4v) is 2.23. The van der Waals surface area contributed by atoms with Crippen molar-refractivity contribution in [2.75, 3.05) is 12.4 Å². The van der Waals surface area contributed by atoms with Crippen molar-refractivity contribution in [3.63, 3.8) is 0 Å². The predicted octanol–water partition coefficient (Wildman–Crippen LogP) is 3.71. The Hall–Kier alpha value is -1.91. The van der Waals surface area contributed by atoms with Crippen LogP contribution in [0.15, 0.2) is 36.4 Å². The summed E-state index contributed by atoms with van der Waals surface area (Å²) in [7, 11) is 1.59. The standard InChI is InChI=1S/C15H14Cl2N2O2/c1-21-11-4-5-12(16)14(7-11)19-8-10-3-2-9(15(18)20)6-13(10)17/h2-7,19H,8H2,1H3,(H2,18,20). The van der Waals surface area contributed by atoms with Gasteiger partial charge in [0.05, 0.1) is 17.8 Å². The molecule has 0 unspecified atom stereocenters. The fourth-order valence-electron chi connectivity index (χ4n) is 1.80. The van der Waals surface area contributed by atoms with Crippen LogP contribution in [0.25, 0.3) is 0 Å². The number of anilines is 1. The van der Waals surface area contributed by atoms with E-state index in [0.717, 1.165) is 11.3 Å². The van der Waals surface area contributed by atoms with Crippen LogP contribution in [-0.2, 0) is 6.54 Å². The number of carbonyl (C=O) groups is 1. The van der Waals surface area contributed by atoms with Crippen molar-refractivity contribution in [1.29, 1.82) is 0 Å². The largest absolute Gasteiger partial charge is 0.497 e. The van der Waals surface area contributed by atoms with Gasteiger partial charge in [-0.25, -0.2) is 0 Å². The first-order chi connectivity index (χ1) is 10.0. The maximum atomic E-state index is 11.1. The van der Waals surface area contributed by atoms with Gasteiger partial charge in [0, 0.05) is 23.2 Å². The van der Waals surface area contributed by atoms with Crippen molar-refractivity contribution in [3.05, 3.63) is 57.6 Å². The predicted molar refractivity (Wildman–Crippen MR) is 85.3 cm³/mol. The Bertz CT molecular complexity index is 675. The van der Waals surface area contributed by atoms with Crippen LogP contribution in [-0.4, -0.2) is 13.0 Å². The molecule has 0 spiro atoms. The summed E-state index contributed by atoms with van der Waals surface area (Å²) in [6.07, 6.45) is 0. The number of hydrogen-bond acceptors (Lipinski definition) is 3. The summed E-state index contributed by atoms with van der Waals surface area (Å²) in [5.74, 6) is 0.198. The van der Waals surface area contributed by atoms with Crippen molar-refractivity contribution >= 4 is 34.8 Å². The van der Waals surface area contributed by atoms with E-state index >= 15 is 0 Å². The van der Waals surface area contributed by atoms with Crippen LogP contribution >= 0.6 is 23.2 Å². The van der Waals surface area contributed by atoms with Gasteiger partial charge in [0.2, 0.25) is 5.91 Å². The molecule has 3 N–H and O–H groups in total. The van der Waals surface area contributed by atoms with E-state index in [2.05, 4.69) is 5.32 Å². The van der Waals surface area contributed by atoms with E-state index in [-0.39, 0.29) is 0 Å². The molecule has 4 nitrogen and oxygen atoms in total. The van der Waals surface area contributed by atoms with Gasteiger partial charge in [-0.15, -0.1) is 0 Å². The summed E-state index contributed by atoms with van der Waals surface area (Å²) in [6.45, 7) is 0.463. The van der Waals surface area contributed by atoms with Crippen LogP contribution in [0.2, 0.25) is 10.0 Å². The summed E-state index contributed by atoms with van der Waals surface area (Å²) in [6, 6.07) is 10.3. The zero-order valence-electron chi connectivity index (χ0n) is 11.3. The number of amides is 1. The number of ether oxygens (including phenoxy) is 1. The smallest absolute Gasteiger partial charge is 0.248 e. The summed E-state index contributed by atoms with van der Waals surface area (Å²) in [5.41, 5.74) is 7.16. The van der Waals surface area contributed by atoms with Crippen LogP contribution in [0.1, 0.15) is 15.9 Å². The van der Waals surface area contributed by atoms with Crippen LogP contribution in [0.3, 0.4) is 0 Å². The van der Waals surface area contributed by atoms with Gasteiger partial charge in [-0.3, -0.25) is 4.79 Å². The number of benzene rings is 2. The summed E-state index contributed by atoms with van der Waals surface area (Å²) in [5, 5.41) is 4.24. The van der Waals surface area contributed by atoms with Crippen LogP contribution < -0.4 is 15.8 Å². The number of primary amides is 1. The lowest BCUT2D eigenvalue weighted by Crippen LogP contribution is -2.11. The SMILES string of the molecule is COc1ccc(Cl)c(NCc2ccc(C(N)=O)cc2Cl)c1. The van der Waals surface area contributed by atoms with Gasteiger partial charge in [0.1, 0.15) is 5.75 Å². The topological polar surface area (TPSA) is 64.3 Å². The van der Waals surface area contributed by atoms with E-state index in [9.17, 15) is 4.79 Å².